The van der Waals surface area contributed by atoms with Crippen LogP contribution in [-0.2, 0) is 11.2 Å². The largest absolute Gasteiger partial charge is 0.366 e. The van der Waals surface area contributed by atoms with Gasteiger partial charge in [-0.1, -0.05) is 52.0 Å². The molecule has 27 heavy (non-hydrogen) atoms. The van der Waals surface area contributed by atoms with Crippen molar-refractivity contribution in [1.29, 1.82) is 0 Å². The minimum absolute atomic E-state index is 0.0720. The molecule has 0 aliphatic heterocycles. The Morgan fingerprint density at radius 3 is 2.30 bits per heavy atom. The maximum Gasteiger partial charge on any atom is 0.251 e. The van der Waals surface area contributed by atoms with E-state index in [0.717, 1.165) is 6.42 Å². The number of amides is 2. The summed E-state index contributed by atoms with van der Waals surface area (Å²) in [5.74, 6) is 0.223. The minimum Gasteiger partial charge on any atom is -0.366 e. The predicted molar refractivity (Wildman–Crippen MR) is 112 cm³/mol. The van der Waals surface area contributed by atoms with Gasteiger partial charge in [-0.2, -0.15) is 0 Å². The van der Waals surface area contributed by atoms with Crippen LogP contribution >= 0.6 is 11.3 Å². The summed E-state index contributed by atoms with van der Waals surface area (Å²) in [6.07, 6.45) is 1.06. The lowest BCUT2D eigenvalue weighted by Gasteiger charge is -2.23. The van der Waals surface area contributed by atoms with Crippen molar-refractivity contribution in [2.45, 2.75) is 40.2 Å². The highest BCUT2D eigenvalue weighted by Crippen LogP contribution is 2.24. The van der Waals surface area contributed by atoms with Crippen LogP contribution in [0.5, 0.6) is 0 Å². The van der Waals surface area contributed by atoms with E-state index >= 15 is 0 Å². The van der Waals surface area contributed by atoms with Gasteiger partial charge in [-0.15, -0.1) is 11.3 Å². The molecule has 1 heterocycles. The number of carbonyl (C=O) groups excluding carboxylic acids is 2. The molecule has 4 N–H and O–H groups in total. The molecule has 2 amide bonds. The summed E-state index contributed by atoms with van der Waals surface area (Å²) in [7, 11) is 0. The van der Waals surface area contributed by atoms with E-state index in [1.807, 2.05) is 0 Å². The smallest absolute Gasteiger partial charge is 0.251 e. The van der Waals surface area contributed by atoms with Crippen molar-refractivity contribution < 1.29 is 9.59 Å². The van der Waals surface area contributed by atoms with Crippen LogP contribution < -0.4 is 16.4 Å². The lowest BCUT2D eigenvalue weighted by Crippen LogP contribution is -2.33. The number of carbonyl (C=O) groups is 2. The molecule has 0 radical (unpaired) electrons. The molecule has 0 spiro atoms. The molecule has 0 aliphatic carbocycles. The lowest BCUT2D eigenvalue weighted by atomic mass is 9.94. The average molecular weight is 388 g/mol. The maximum atomic E-state index is 12.3. The van der Waals surface area contributed by atoms with Crippen molar-refractivity contribution in [3.05, 3.63) is 52.4 Å². The molecule has 0 unspecified atom stereocenters. The highest BCUT2D eigenvalue weighted by Gasteiger charge is 2.18. The number of primary amides is 1. The van der Waals surface area contributed by atoms with Gasteiger partial charge >= 0.3 is 0 Å². The SMILES string of the molecule is CC(C)Cc1ccc([C@H](NCC(=O)Nc2sccc2C(N)=O)C(C)C)cc1. The van der Waals surface area contributed by atoms with Gasteiger partial charge in [0.15, 0.2) is 0 Å². The Morgan fingerprint density at radius 1 is 1.07 bits per heavy atom. The topological polar surface area (TPSA) is 84.2 Å². The number of hydrogen-bond acceptors (Lipinski definition) is 4. The van der Waals surface area contributed by atoms with Gasteiger partial charge in [0.1, 0.15) is 5.00 Å². The fourth-order valence-electron chi connectivity index (χ4n) is 3.04. The fourth-order valence-corrected chi connectivity index (χ4v) is 3.85. The molecule has 2 rings (SSSR count). The molecule has 0 fully saturated rings. The first-order valence-electron chi connectivity index (χ1n) is 9.27. The van der Waals surface area contributed by atoms with Crippen molar-refractivity contribution in [2.24, 2.45) is 17.6 Å². The first-order chi connectivity index (χ1) is 12.8. The Kier molecular flexibility index (Phi) is 7.56. The first kappa shape index (κ1) is 21.1. The van der Waals surface area contributed by atoms with E-state index in [0.29, 0.717) is 22.4 Å². The fraction of sp³-hybridized carbons (Fsp3) is 0.429. The Bertz CT molecular complexity index is 766. The summed E-state index contributed by atoms with van der Waals surface area (Å²) < 4.78 is 0. The third kappa shape index (κ3) is 6.19. The van der Waals surface area contributed by atoms with Crippen LogP contribution in [0.4, 0.5) is 5.00 Å². The number of rotatable bonds is 9. The van der Waals surface area contributed by atoms with Crippen molar-refractivity contribution in [1.82, 2.24) is 5.32 Å². The Labute approximate surface area is 165 Å². The Hall–Kier alpha value is -2.18. The zero-order valence-electron chi connectivity index (χ0n) is 16.4. The molecule has 6 heteroatoms. The molecular formula is C21H29N3O2S. The molecular weight excluding hydrogens is 358 g/mol. The Balaban J connectivity index is 1.98. The molecule has 0 bridgehead atoms. The number of anilines is 1. The van der Waals surface area contributed by atoms with Gasteiger partial charge in [-0.05, 0) is 40.8 Å². The van der Waals surface area contributed by atoms with Gasteiger partial charge in [-0.25, -0.2) is 0 Å². The minimum atomic E-state index is -0.541. The standard InChI is InChI=1S/C21H29N3O2S/c1-13(2)11-15-5-7-16(8-6-15)19(14(3)4)23-12-18(25)24-21-17(20(22)26)9-10-27-21/h5-10,13-14,19,23H,11-12H2,1-4H3,(H2,22,26)(H,24,25)/t19-/m1/s1. The summed E-state index contributed by atoms with van der Waals surface area (Å²) in [6, 6.07) is 10.3. The van der Waals surface area contributed by atoms with E-state index in [-0.39, 0.29) is 18.5 Å². The second-order valence-electron chi connectivity index (χ2n) is 7.52. The van der Waals surface area contributed by atoms with Crippen molar-refractivity contribution in [2.75, 3.05) is 11.9 Å². The van der Waals surface area contributed by atoms with Gasteiger partial charge in [0.25, 0.3) is 5.91 Å². The lowest BCUT2D eigenvalue weighted by molar-refractivity contribution is -0.115. The van der Waals surface area contributed by atoms with Crippen LogP contribution in [0.25, 0.3) is 0 Å². The second-order valence-corrected chi connectivity index (χ2v) is 8.43. The molecule has 5 nitrogen and oxygen atoms in total. The molecule has 1 aromatic heterocycles. The molecule has 0 saturated heterocycles. The summed E-state index contributed by atoms with van der Waals surface area (Å²) in [4.78, 5) is 23.7. The molecule has 0 aliphatic rings. The molecule has 2 aromatic rings. The average Bonchev–Trinajstić information content (AvgIpc) is 3.04. The summed E-state index contributed by atoms with van der Waals surface area (Å²) in [5.41, 5.74) is 8.15. The number of hydrogen-bond donors (Lipinski definition) is 3. The van der Waals surface area contributed by atoms with Crippen molar-refractivity contribution >= 4 is 28.2 Å². The molecule has 146 valence electrons. The van der Waals surface area contributed by atoms with Crippen LogP contribution in [0.15, 0.2) is 35.7 Å². The zero-order valence-corrected chi connectivity index (χ0v) is 17.2. The molecule has 1 aromatic carbocycles. The number of benzene rings is 1. The Morgan fingerprint density at radius 2 is 1.74 bits per heavy atom. The normalized spacial score (nSPS) is 12.4. The van der Waals surface area contributed by atoms with Crippen molar-refractivity contribution in [3.63, 3.8) is 0 Å². The van der Waals surface area contributed by atoms with Gasteiger partial charge in [0, 0.05) is 6.04 Å². The highest BCUT2D eigenvalue weighted by molar-refractivity contribution is 7.14. The van der Waals surface area contributed by atoms with Crippen LogP contribution in [0.1, 0.15) is 55.2 Å². The third-order valence-electron chi connectivity index (χ3n) is 4.32. The first-order valence-corrected chi connectivity index (χ1v) is 10.1. The van der Waals surface area contributed by atoms with Crippen LogP contribution in [-0.4, -0.2) is 18.4 Å². The van der Waals surface area contributed by atoms with Gasteiger partial charge < -0.3 is 16.4 Å². The van der Waals surface area contributed by atoms with E-state index in [9.17, 15) is 9.59 Å². The van der Waals surface area contributed by atoms with Gasteiger partial charge in [0.05, 0.1) is 12.1 Å². The van der Waals surface area contributed by atoms with E-state index in [4.69, 9.17) is 5.73 Å². The van der Waals surface area contributed by atoms with E-state index in [2.05, 4.69) is 62.6 Å². The van der Waals surface area contributed by atoms with Gasteiger partial charge in [0.2, 0.25) is 5.91 Å². The predicted octanol–water partition coefficient (Wildman–Crippen LogP) is 3.97. The van der Waals surface area contributed by atoms with Crippen molar-refractivity contribution in [3.8, 4) is 0 Å². The zero-order chi connectivity index (χ0) is 20.0. The number of nitrogens with two attached hydrogens (primary N) is 1. The monoisotopic (exact) mass is 387 g/mol. The van der Waals surface area contributed by atoms with Crippen LogP contribution in [0, 0.1) is 11.8 Å². The third-order valence-corrected chi connectivity index (χ3v) is 5.15. The van der Waals surface area contributed by atoms with Gasteiger partial charge in [-0.3, -0.25) is 9.59 Å². The molecule has 0 saturated carbocycles. The number of thiophene rings is 1. The van der Waals surface area contributed by atoms with E-state index < -0.39 is 5.91 Å². The maximum absolute atomic E-state index is 12.3. The quantitative estimate of drug-likeness (QED) is 0.609. The highest BCUT2D eigenvalue weighted by atomic mass is 32.1. The molecule has 1 atom stereocenters. The number of nitrogens with one attached hydrogen (secondary N) is 2. The summed E-state index contributed by atoms with van der Waals surface area (Å²) >= 11 is 1.29. The summed E-state index contributed by atoms with van der Waals surface area (Å²) in [6.45, 7) is 8.83. The van der Waals surface area contributed by atoms with E-state index in [1.54, 1.807) is 11.4 Å². The second kappa shape index (κ2) is 9.67. The van der Waals surface area contributed by atoms with Crippen LogP contribution in [0.2, 0.25) is 0 Å². The summed E-state index contributed by atoms with van der Waals surface area (Å²) in [5, 5.41) is 8.33. The van der Waals surface area contributed by atoms with E-state index in [1.165, 1.54) is 22.5 Å². The van der Waals surface area contributed by atoms with Crippen LogP contribution in [0.3, 0.4) is 0 Å².